The van der Waals surface area contributed by atoms with Crippen LogP contribution in [0.3, 0.4) is 0 Å². The molecule has 1 aliphatic rings. The number of hydrogen-bond acceptors (Lipinski definition) is 5. The number of nitrogens with one attached hydrogen (secondary N) is 1. The van der Waals surface area contributed by atoms with Crippen LogP contribution in [-0.2, 0) is 4.79 Å². The molecule has 1 aliphatic carbocycles. The first-order valence-electron chi connectivity index (χ1n) is 9.88. The first kappa shape index (κ1) is 19.7. The first-order valence-corrected chi connectivity index (χ1v) is 10.9. The van der Waals surface area contributed by atoms with Gasteiger partial charge in [-0.25, -0.2) is 4.39 Å². The molecule has 29 heavy (non-hydrogen) atoms. The van der Waals surface area contributed by atoms with Crippen LogP contribution in [0, 0.1) is 5.82 Å². The molecule has 0 unspecified atom stereocenters. The van der Waals surface area contributed by atoms with E-state index in [0.717, 1.165) is 23.8 Å². The van der Waals surface area contributed by atoms with Crippen LogP contribution < -0.4 is 5.32 Å². The number of thioether (sulfide) groups is 1. The van der Waals surface area contributed by atoms with Gasteiger partial charge in [0.2, 0.25) is 11.7 Å². The van der Waals surface area contributed by atoms with Crippen LogP contribution in [0.1, 0.15) is 44.6 Å². The highest BCUT2D eigenvalue weighted by atomic mass is 32.2. The molecule has 1 amide bonds. The van der Waals surface area contributed by atoms with Gasteiger partial charge in [-0.15, -0.1) is 10.2 Å². The number of furan rings is 1. The van der Waals surface area contributed by atoms with Crippen molar-refractivity contribution in [2.24, 2.45) is 0 Å². The van der Waals surface area contributed by atoms with Gasteiger partial charge in [-0.05, 0) is 49.2 Å². The van der Waals surface area contributed by atoms with E-state index < -0.39 is 0 Å². The molecule has 2 heterocycles. The summed E-state index contributed by atoms with van der Waals surface area (Å²) in [5, 5.41) is 12.4. The van der Waals surface area contributed by atoms with Crippen molar-refractivity contribution in [3.63, 3.8) is 0 Å². The lowest BCUT2D eigenvalue weighted by atomic mass is 9.95. The Balaban J connectivity index is 1.41. The van der Waals surface area contributed by atoms with Gasteiger partial charge in [0.1, 0.15) is 5.82 Å². The quantitative estimate of drug-likeness (QED) is 0.531. The molecule has 3 aromatic rings. The number of benzene rings is 1. The number of aromatic nitrogens is 3. The molecule has 1 saturated carbocycles. The van der Waals surface area contributed by atoms with E-state index in [1.807, 2.05) is 12.1 Å². The van der Waals surface area contributed by atoms with Crippen molar-refractivity contribution < 1.29 is 13.6 Å². The maximum atomic E-state index is 13.0. The van der Waals surface area contributed by atoms with Crippen LogP contribution in [0.5, 0.6) is 0 Å². The van der Waals surface area contributed by atoms with Gasteiger partial charge in [0, 0.05) is 23.9 Å². The summed E-state index contributed by atoms with van der Waals surface area (Å²) in [5.74, 6) is 1.60. The Morgan fingerprint density at radius 2 is 1.97 bits per heavy atom. The van der Waals surface area contributed by atoms with Crippen molar-refractivity contribution in [1.82, 2.24) is 14.8 Å². The van der Waals surface area contributed by atoms with E-state index in [9.17, 15) is 9.18 Å². The zero-order chi connectivity index (χ0) is 20.1. The Kier molecular flexibility index (Phi) is 6.29. The molecule has 2 aromatic heterocycles. The standard InChI is InChI=1S/C21H23FN4O2S/c22-15-8-10-16(11-9-15)23-19(27)12-14-29-21-25-24-20(18-7-4-13-28-18)26(21)17-5-2-1-3-6-17/h4,7-11,13,17H,1-3,5-6,12,14H2,(H,23,27). The lowest BCUT2D eigenvalue weighted by Gasteiger charge is -2.25. The molecule has 0 aliphatic heterocycles. The van der Waals surface area contributed by atoms with Crippen LogP contribution in [0.2, 0.25) is 0 Å². The monoisotopic (exact) mass is 414 g/mol. The molecule has 8 heteroatoms. The highest BCUT2D eigenvalue weighted by molar-refractivity contribution is 7.99. The third kappa shape index (κ3) is 4.87. The molecule has 0 bridgehead atoms. The average Bonchev–Trinajstić information content (AvgIpc) is 3.40. The fourth-order valence-electron chi connectivity index (χ4n) is 3.61. The van der Waals surface area contributed by atoms with Gasteiger partial charge in [-0.2, -0.15) is 0 Å². The fourth-order valence-corrected chi connectivity index (χ4v) is 4.55. The second-order valence-corrected chi connectivity index (χ2v) is 8.16. The summed E-state index contributed by atoms with van der Waals surface area (Å²) in [6.07, 6.45) is 7.84. The minimum Gasteiger partial charge on any atom is -0.461 e. The number of rotatable bonds is 7. The maximum Gasteiger partial charge on any atom is 0.225 e. The largest absolute Gasteiger partial charge is 0.461 e. The van der Waals surface area contributed by atoms with Crippen molar-refractivity contribution in [2.45, 2.75) is 49.7 Å². The summed E-state index contributed by atoms with van der Waals surface area (Å²) in [6.45, 7) is 0. The minimum absolute atomic E-state index is 0.112. The molecule has 1 aromatic carbocycles. The Morgan fingerprint density at radius 1 is 1.17 bits per heavy atom. The highest BCUT2D eigenvalue weighted by Crippen LogP contribution is 2.35. The highest BCUT2D eigenvalue weighted by Gasteiger charge is 2.25. The second-order valence-electron chi connectivity index (χ2n) is 7.10. The van der Waals surface area contributed by atoms with Crippen molar-refractivity contribution in [3.05, 3.63) is 48.5 Å². The summed E-state index contributed by atoms with van der Waals surface area (Å²) < 4.78 is 20.7. The lowest BCUT2D eigenvalue weighted by Crippen LogP contribution is -2.15. The summed E-state index contributed by atoms with van der Waals surface area (Å²) in [5.41, 5.74) is 0.590. The van der Waals surface area contributed by atoms with Crippen molar-refractivity contribution >= 4 is 23.4 Å². The molecule has 4 rings (SSSR count). The normalized spacial score (nSPS) is 14.8. The van der Waals surface area contributed by atoms with E-state index in [2.05, 4.69) is 20.1 Å². The van der Waals surface area contributed by atoms with Crippen LogP contribution in [0.25, 0.3) is 11.6 Å². The molecule has 0 saturated heterocycles. The third-order valence-electron chi connectivity index (χ3n) is 5.03. The summed E-state index contributed by atoms with van der Waals surface area (Å²) in [6, 6.07) is 9.86. The number of amides is 1. The van der Waals surface area contributed by atoms with Gasteiger partial charge in [-0.3, -0.25) is 9.36 Å². The zero-order valence-corrected chi connectivity index (χ0v) is 16.8. The molecule has 6 nitrogen and oxygen atoms in total. The molecular formula is C21H23FN4O2S. The Morgan fingerprint density at radius 3 is 2.69 bits per heavy atom. The lowest BCUT2D eigenvalue weighted by molar-refractivity contribution is -0.115. The van der Waals surface area contributed by atoms with Crippen LogP contribution in [0.4, 0.5) is 10.1 Å². The minimum atomic E-state index is -0.326. The summed E-state index contributed by atoms with van der Waals surface area (Å²) >= 11 is 1.53. The van der Waals surface area contributed by atoms with Gasteiger partial charge >= 0.3 is 0 Å². The van der Waals surface area contributed by atoms with E-state index in [1.54, 1.807) is 18.4 Å². The SMILES string of the molecule is O=C(CCSc1nnc(-c2ccco2)n1C1CCCCC1)Nc1ccc(F)cc1. The van der Waals surface area contributed by atoms with E-state index in [1.165, 1.54) is 43.2 Å². The van der Waals surface area contributed by atoms with Gasteiger partial charge in [0.25, 0.3) is 0 Å². The Bertz CT molecular complexity index is 934. The van der Waals surface area contributed by atoms with E-state index in [4.69, 9.17) is 4.42 Å². The second kappa shape index (κ2) is 9.26. The number of carbonyl (C=O) groups is 1. The van der Waals surface area contributed by atoms with E-state index in [-0.39, 0.29) is 11.7 Å². The van der Waals surface area contributed by atoms with Gasteiger partial charge < -0.3 is 9.73 Å². The van der Waals surface area contributed by atoms with Crippen molar-refractivity contribution in [3.8, 4) is 11.6 Å². The van der Waals surface area contributed by atoms with Gasteiger partial charge in [0.05, 0.1) is 6.26 Å². The summed E-state index contributed by atoms with van der Waals surface area (Å²) in [7, 11) is 0. The summed E-state index contributed by atoms with van der Waals surface area (Å²) in [4.78, 5) is 12.2. The molecule has 1 fully saturated rings. The fraction of sp³-hybridized carbons (Fsp3) is 0.381. The number of carbonyl (C=O) groups excluding carboxylic acids is 1. The van der Waals surface area contributed by atoms with Crippen molar-refractivity contribution in [1.29, 1.82) is 0 Å². The Labute approximate surface area is 172 Å². The Hall–Kier alpha value is -2.61. The average molecular weight is 415 g/mol. The van der Waals surface area contributed by atoms with Gasteiger partial charge in [0.15, 0.2) is 10.9 Å². The molecule has 1 N–H and O–H groups in total. The van der Waals surface area contributed by atoms with E-state index >= 15 is 0 Å². The van der Waals surface area contributed by atoms with Gasteiger partial charge in [-0.1, -0.05) is 31.0 Å². The van der Waals surface area contributed by atoms with E-state index in [0.29, 0.717) is 29.7 Å². The predicted octanol–water partition coefficient (Wildman–Crippen LogP) is 5.30. The van der Waals surface area contributed by atoms with Crippen molar-refractivity contribution in [2.75, 3.05) is 11.1 Å². The first-order chi connectivity index (χ1) is 14.2. The molecule has 0 radical (unpaired) electrons. The number of anilines is 1. The number of hydrogen-bond donors (Lipinski definition) is 1. The van der Waals surface area contributed by atoms with Crippen LogP contribution >= 0.6 is 11.8 Å². The zero-order valence-electron chi connectivity index (χ0n) is 16.0. The maximum absolute atomic E-state index is 13.0. The third-order valence-corrected chi connectivity index (χ3v) is 5.98. The number of nitrogens with zero attached hydrogens (tertiary/aromatic N) is 3. The molecule has 0 spiro atoms. The topological polar surface area (TPSA) is 73.0 Å². The predicted molar refractivity (Wildman–Crippen MR) is 110 cm³/mol. The van der Waals surface area contributed by atoms with Crippen LogP contribution in [0.15, 0.2) is 52.2 Å². The smallest absolute Gasteiger partial charge is 0.225 e. The molecular weight excluding hydrogens is 391 g/mol. The molecule has 152 valence electrons. The molecule has 0 atom stereocenters. The van der Waals surface area contributed by atoms with Crippen LogP contribution in [-0.4, -0.2) is 26.4 Å². The number of halogens is 1.